The molecule has 1 atom stereocenters. The fraction of sp³-hybridized carbons (Fsp3) is 0.292. The Morgan fingerprint density at radius 1 is 1.13 bits per heavy atom. The average molecular weight is 405 g/mol. The van der Waals surface area contributed by atoms with Gasteiger partial charge in [0.2, 0.25) is 12.3 Å². The first-order valence-corrected chi connectivity index (χ1v) is 10.3. The van der Waals surface area contributed by atoms with Crippen LogP contribution in [-0.4, -0.2) is 40.6 Å². The lowest BCUT2D eigenvalue weighted by molar-refractivity contribution is -0.130. The van der Waals surface area contributed by atoms with Crippen molar-refractivity contribution in [3.8, 4) is 0 Å². The Bertz CT molecular complexity index is 1050. The van der Waals surface area contributed by atoms with Gasteiger partial charge in [0.15, 0.2) is 0 Å². The number of aryl methyl sites for hydroxylation is 1. The first kappa shape index (κ1) is 21.3. The summed E-state index contributed by atoms with van der Waals surface area (Å²) in [4.78, 5) is 33.7. The minimum Gasteiger partial charge on any atom is -0.361 e. The van der Waals surface area contributed by atoms with Crippen LogP contribution in [0, 0.1) is 6.92 Å². The van der Waals surface area contributed by atoms with Crippen LogP contribution in [0.2, 0.25) is 0 Å². The Labute approximate surface area is 177 Å². The van der Waals surface area contributed by atoms with Crippen LogP contribution >= 0.6 is 0 Å². The van der Waals surface area contributed by atoms with Crippen molar-refractivity contribution in [1.82, 2.24) is 15.2 Å². The number of rotatable bonds is 4. The van der Waals surface area contributed by atoms with E-state index in [1.54, 1.807) is 0 Å². The number of piperazine rings is 1. The predicted octanol–water partition coefficient (Wildman–Crippen LogP) is 4.12. The Morgan fingerprint density at radius 2 is 1.83 bits per heavy atom. The minimum atomic E-state index is -0.627. The summed E-state index contributed by atoms with van der Waals surface area (Å²) in [6, 6.07) is 15.0. The van der Waals surface area contributed by atoms with Crippen LogP contribution in [0.25, 0.3) is 10.9 Å². The number of aromatic amines is 1. The predicted molar refractivity (Wildman–Crippen MR) is 121 cm³/mol. The van der Waals surface area contributed by atoms with Crippen LogP contribution in [0.1, 0.15) is 31.4 Å². The molecule has 0 saturated carbocycles. The Balaban J connectivity index is 0.000000806. The van der Waals surface area contributed by atoms with Crippen molar-refractivity contribution in [2.45, 2.75) is 39.7 Å². The smallest absolute Gasteiger partial charge is 0.243 e. The number of aliphatic imine (C=N–C) groups is 1. The molecule has 0 bridgehead atoms. The maximum atomic E-state index is 12.5. The quantitative estimate of drug-likeness (QED) is 0.642. The van der Waals surface area contributed by atoms with Crippen LogP contribution in [0.4, 0.5) is 5.69 Å². The van der Waals surface area contributed by atoms with Gasteiger partial charge in [-0.05, 0) is 30.2 Å². The number of aromatic nitrogens is 1. The van der Waals surface area contributed by atoms with Crippen molar-refractivity contribution in [1.29, 1.82) is 0 Å². The van der Waals surface area contributed by atoms with Gasteiger partial charge in [0.1, 0.15) is 11.9 Å². The molecule has 1 aromatic heterocycles. The molecule has 156 valence electrons. The van der Waals surface area contributed by atoms with Crippen LogP contribution in [-0.2, 0) is 16.0 Å². The average Bonchev–Trinajstić information content (AvgIpc) is 3.16. The molecule has 0 aliphatic carbocycles. The van der Waals surface area contributed by atoms with Crippen LogP contribution in [0.3, 0.4) is 0 Å². The second kappa shape index (κ2) is 9.87. The summed E-state index contributed by atoms with van der Waals surface area (Å²) in [7, 11) is 0. The van der Waals surface area contributed by atoms with Gasteiger partial charge in [0.25, 0.3) is 0 Å². The standard InChI is InChI=1S/C21H20N4O2.C3H8/c1-14-6-2-4-8-17(14)24-20-12-23-21(27)19(25(20)13-26)10-15-11-22-18-9-5-3-7-16(15)18;1-3-2/h2-9,11,13,19,22H,10,12H2,1H3,(H,23,27);3H2,1-2H3. The summed E-state index contributed by atoms with van der Waals surface area (Å²) >= 11 is 0. The van der Waals surface area contributed by atoms with Crippen molar-refractivity contribution in [2.75, 3.05) is 6.54 Å². The van der Waals surface area contributed by atoms with Crippen LogP contribution < -0.4 is 5.32 Å². The molecule has 0 spiro atoms. The summed E-state index contributed by atoms with van der Waals surface area (Å²) in [6.07, 6.45) is 4.27. The van der Waals surface area contributed by atoms with E-state index >= 15 is 0 Å². The second-order valence-corrected chi connectivity index (χ2v) is 7.33. The molecular weight excluding hydrogens is 376 g/mol. The number of carbonyl (C=O) groups excluding carboxylic acids is 2. The zero-order valence-electron chi connectivity index (χ0n) is 17.7. The fourth-order valence-corrected chi connectivity index (χ4v) is 3.44. The number of para-hydroxylation sites is 2. The van der Waals surface area contributed by atoms with Crippen molar-refractivity contribution < 1.29 is 9.59 Å². The molecule has 0 radical (unpaired) electrons. The van der Waals surface area contributed by atoms with Gasteiger partial charge in [0, 0.05) is 23.5 Å². The van der Waals surface area contributed by atoms with Crippen molar-refractivity contribution in [2.24, 2.45) is 4.99 Å². The van der Waals surface area contributed by atoms with E-state index in [9.17, 15) is 9.59 Å². The molecular formula is C24H28N4O2. The molecule has 1 fully saturated rings. The lowest BCUT2D eigenvalue weighted by Crippen LogP contribution is -2.58. The lowest BCUT2D eigenvalue weighted by Gasteiger charge is -2.33. The lowest BCUT2D eigenvalue weighted by atomic mass is 10.0. The van der Waals surface area contributed by atoms with Gasteiger partial charge in [-0.15, -0.1) is 0 Å². The van der Waals surface area contributed by atoms with Gasteiger partial charge >= 0.3 is 0 Å². The first-order chi connectivity index (χ1) is 14.6. The molecule has 4 rings (SSSR count). The molecule has 30 heavy (non-hydrogen) atoms. The van der Waals surface area contributed by atoms with Crippen LogP contribution in [0.15, 0.2) is 59.7 Å². The molecule has 2 N–H and O–H groups in total. The Hall–Kier alpha value is -3.41. The van der Waals surface area contributed by atoms with Gasteiger partial charge in [-0.3, -0.25) is 14.5 Å². The largest absolute Gasteiger partial charge is 0.361 e. The zero-order valence-corrected chi connectivity index (χ0v) is 17.7. The van der Waals surface area contributed by atoms with E-state index in [1.807, 2.05) is 61.7 Å². The molecule has 2 heterocycles. The van der Waals surface area contributed by atoms with Gasteiger partial charge in [-0.1, -0.05) is 56.7 Å². The molecule has 1 unspecified atom stereocenters. The third kappa shape index (κ3) is 4.59. The summed E-state index contributed by atoms with van der Waals surface area (Å²) in [6.45, 7) is 6.45. The summed E-state index contributed by atoms with van der Waals surface area (Å²) < 4.78 is 0. The van der Waals surface area contributed by atoms with E-state index in [1.165, 1.54) is 11.3 Å². The highest BCUT2D eigenvalue weighted by Gasteiger charge is 2.33. The molecule has 6 heteroatoms. The number of amides is 2. The molecule has 2 aromatic carbocycles. The molecule has 1 saturated heterocycles. The number of amidine groups is 1. The SMILES string of the molecule is CCC.Cc1ccccc1N=C1CNC(=O)C(Cc2c[nH]c3ccccc23)N1C=O. The number of H-pyrrole nitrogens is 1. The normalized spacial score (nSPS) is 17.4. The fourth-order valence-electron chi connectivity index (χ4n) is 3.44. The highest BCUT2D eigenvalue weighted by molar-refractivity contribution is 6.04. The number of fused-ring (bicyclic) bond motifs is 1. The number of benzene rings is 2. The van der Waals surface area contributed by atoms with Gasteiger partial charge in [-0.25, -0.2) is 4.99 Å². The Morgan fingerprint density at radius 3 is 2.57 bits per heavy atom. The van der Waals surface area contributed by atoms with Crippen molar-refractivity contribution in [3.05, 3.63) is 65.9 Å². The molecule has 3 aromatic rings. The first-order valence-electron chi connectivity index (χ1n) is 10.3. The number of hydrogen-bond donors (Lipinski definition) is 2. The third-order valence-corrected chi connectivity index (χ3v) is 4.92. The summed E-state index contributed by atoms with van der Waals surface area (Å²) in [5.74, 6) is 0.375. The molecule has 6 nitrogen and oxygen atoms in total. The van der Waals surface area contributed by atoms with E-state index < -0.39 is 6.04 Å². The summed E-state index contributed by atoms with van der Waals surface area (Å²) in [5, 5.41) is 3.92. The molecule has 1 aliphatic heterocycles. The van der Waals surface area contributed by atoms with Crippen molar-refractivity contribution >= 4 is 34.7 Å². The molecule has 2 amide bonds. The van der Waals surface area contributed by atoms with E-state index in [-0.39, 0.29) is 12.5 Å². The second-order valence-electron chi connectivity index (χ2n) is 7.33. The number of carbonyl (C=O) groups is 2. The highest BCUT2D eigenvalue weighted by atomic mass is 16.2. The van der Waals surface area contributed by atoms with Gasteiger partial charge in [-0.2, -0.15) is 0 Å². The maximum Gasteiger partial charge on any atom is 0.243 e. The minimum absolute atomic E-state index is 0.170. The monoisotopic (exact) mass is 404 g/mol. The van der Waals surface area contributed by atoms with Gasteiger partial charge < -0.3 is 10.3 Å². The van der Waals surface area contributed by atoms with Crippen molar-refractivity contribution in [3.63, 3.8) is 0 Å². The third-order valence-electron chi connectivity index (χ3n) is 4.92. The number of nitrogens with zero attached hydrogens (tertiary/aromatic N) is 2. The number of nitrogens with one attached hydrogen (secondary N) is 2. The summed E-state index contributed by atoms with van der Waals surface area (Å²) in [5.41, 5.74) is 3.81. The van der Waals surface area contributed by atoms with E-state index in [0.29, 0.717) is 18.7 Å². The maximum absolute atomic E-state index is 12.5. The topological polar surface area (TPSA) is 77.6 Å². The van der Waals surface area contributed by atoms with E-state index in [2.05, 4.69) is 29.1 Å². The van der Waals surface area contributed by atoms with E-state index in [0.717, 1.165) is 27.7 Å². The van der Waals surface area contributed by atoms with Crippen LogP contribution in [0.5, 0.6) is 0 Å². The number of hydrogen-bond acceptors (Lipinski definition) is 3. The van der Waals surface area contributed by atoms with Gasteiger partial charge in [0.05, 0.1) is 12.2 Å². The Kier molecular flexibility index (Phi) is 7.01. The molecule has 1 aliphatic rings. The van der Waals surface area contributed by atoms with E-state index in [4.69, 9.17) is 0 Å². The zero-order chi connectivity index (χ0) is 21.5. The highest BCUT2D eigenvalue weighted by Crippen LogP contribution is 2.23.